The number of ketones is 1. The van der Waals surface area contributed by atoms with Crippen LogP contribution in [0.25, 0.3) is 0 Å². The van der Waals surface area contributed by atoms with Gasteiger partial charge in [0.05, 0.1) is 5.02 Å². The van der Waals surface area contributed by atoms with E-state index >= 15 is 0 Å². The Bertz CT molecular complexity index is 567. The molecule has 0 saturated carbocycles. The molecule has 0 aromatic heterocycles. The number of halogens is 2. The largest absolute Gasteiger partial charge is 0.484 e. The van der Waals surface area contributed by atoms with E-state index in [0.717, 1.165) is 5.56 Å². The number of rotatable bonds is 5. The second-order valence-electron chi connectivity index (χ2n) is 4.06. The Kier molecular flexibility index (Phi) is 4.53. The van der Waals surface area contributed by atoms with Gasteiger partial charge in [-0.1, -0.05) is 35.9 Å². The molecule has 0 spiro atoms. The molecular weight excluding hydrogens is 267 g/mol. The highest BCUT2D eigenvalue weighted by Gasteiger charge is 2.07. The lowest BCUT2D eigenvalue weighted by Gasteiger charge is -2.07. The molecule has 0 aliphatic heterocycles. The van der Waals surface area contributed by atoms with Crippen LogP contribution in [0.3, 0.4) is 0 Å². The number of para-hydroxylation sites is 1. The zero-order chi connectivity index (χ0) is 13.7. The highest BCUT2D eigenvalue weighted by Crippen LogP contribution is 2.22. The van der Waals surface area contributed by atoms with Gasteiger partial charge in [0, 0.05) is 6.42 Å². The van der Waals surface area contributed by atoms with Gasteiger partial charge in [-0.2, -0.15) is 0 Å². The molecule has 19 heavy (non-hydrogen) atoms. The van der Waals surface area contributed by atoms with Crippen LogP contribution in [0.1, 0.15) is 5.56 Å². The molecule has 0 amide bonds. The van der Waals surface area contributed by atoms with Gasteiger partial charge in [0.25, 0.3) is 0 Å². The van der Waals surface area contributed by atoms with E-state index in [1.54, 1.807) is 36.4 Å². The van der Waals surface area contributed by atoms with Crippen LogP contribution in [0.4, 0.5) is 4.39 Å². The number of hydrogen-bond acceptors (Lipinski definition) is 2. The summed E-state index contributed by atoms with van der Waals surface area (Å²) in [5.41, 5.74) is 0.758. The van der Waals surface area contributed by atoms with Crippen LogP contribution in [0.5, 0.6) is 5.75 Å². The third kappa shape index (κ3) is 4.07. The van der Waals surface area contributed by atoms with Gasteiger partial charge in [-0.3, -0.25) is 4.79 Å². The van der Waals surface area contributed by atoms with E-state index in [1.165, 1.54) is 12.1 Å². The Morgan fingerprint density at radius 3 is 2.47 bits per heavy atom. The number of carbonyl (C=O) groups is 1. The zero-order valence-corrected chi connectivity index (χ0v) is 10.9. The van der Waals surface area contributed by atoms with Gasteiger partial charge >= 0.3 is 0 Å². The average Bonchev–Trinajstić information content (AvgIpc) is 2.40. The molecule has 0 heterocycles. The standard InChI is InChI=1S/C15H12ClFO2/c16-14-3-1-2-4-15(14)19-10-13(18)9-11-5-7-12(17)8-6-11/h1-8H,9-10H2. The average molecular weight is 279 g/mol. The fraction of sp³-hybridized carbons (Fsp3) is 0.133. The molecule has 98 valence electrons. The lowest BCUT2D eigenvalue weighted by Crippen LogP contribution is -2.13. The summed E-state index contributed by atoms with van der Waals surface area (Å²) in [6.07, 6.45) is 0.213. The van der Waals surface area contributed by atoms with Gasteiger partial charge in [0.15, 0.2) is 5.78 Å². The fourth-order valence-corrected chi connectivity index (χ4v) is 1.79. The zero-order valence-electron chi connectivity index (χ0n) is 10.1. The summed E-state index contributed by atoms with van der Waals surface area (Å²) in [6.45, 7) is -0.0545. The van der Waals surface area contributed by atoms with E-state index in [4.69, 9.17) is 16.3 Å². The van der Waals surface area contributed by atoms with Crippen LogP contribution >= 0.6 is 11.6 Å². The first-order chi connectivity index (χ1) is 9.15. The molecule has 4 heteroatoms. The van der Waals surface area contributed by atoms with Gasteiger partial charge in [-0.15, -0.1) is 0 Å². The SMILES string of the molecule is O=C(COc1ccccc1Cl)Cc1ccc(F)cc1. The fourth-order valence-electron chi connectivity index (χ4n) is 1.60. The topological polar surface area (TPSA) is 26.3 Å². The molecule has 0 fully saturated rings. The molecule has 0 atom stereocenters. The van der Waals surface area contributed by atoms with Crippen molar-refractivity contribution in [2.75, 3.05) is 6.61 Å². The molecule has 2 nitrogen and oxygen atoms in total. The van der Waals surface area contributed by atoms with E-state index in [-0.39, 0.29) is 24.6 Å². The normalized spacial score (nSPS) is 10.2. The van der Waals surface area contributed by atoms with Crippen LogP contribution in [-0.4, -0.2) is 12.4 Å². The number of carbonyl (C=O) groups excluding carboxylic acids is 1. The van der Waals surface area contributed by atoms with Crippen molar-refractivity contribution in [1.29, 1.82) is 0 Å². The molecule has 0 N–H and O–H groups in total. The minimum absolute atomic E-state index is 0.0545. The van der Waals surface area contributed by atoms with Crippen molar-refractivity contribution in [3.8, 4) is 5.75 Å². The predicted molar refractivity (Wildman–Crippen MR) is 72.1 cm³/mol. The van der Waals surface area contributed by atoms with Crippen molar-refractivity contribution in [2.24, 2.45) is 0 Å². The molecule has 0 unspecified atom stereocenters. The first kappa shape index (κ1) is 13.6. The van der Waals surface area contributed by atoms with E-state index in [1.807, 2.05) is 0 Å². The van der Waals surface area contributed by atoms with E-state index in [9.17, 15) is 9.18 Å². The van der Waals surface area contributed by atoms with Crippen molar-refractivity contribution in [3.63, 3.8) is 0 Å². The van der Waals surface area contributed by atoms with Crippen molar-refractivity contribution in [2.45, 2.75) is 6.42 Å². The third-order valence-corrected chi connectivity index (χ3v) is 2.85. The molecule has 0 radical (unpaired) electrons. The molecule has 0 aliphatic rings. The molecular formula is C15H12ClFO2. The van der Waals surface area contributed by atoms with E-state index < -0.39 is 0 Å². The van der Waals surface area contributed by atoms with Gasteiger partial charge in [0.2, 0.25) is 0 Å². The number of benzene rings is 2. The molecule has 0 saturated heterocycles. The first-order valence-corrected chi connectivity index (χ1v) is 6.16. The first-order valence-electron chi connectivity index (χ1n) is 5.78. The number of hydrogen-bond donors (Lipinski definition) is 0. The lowest BCUT2D eigenvalue weighted by atomic mass is 10.1. The number of Topliss-reactive ketones (excluding diaryl/α,β-unsaturated/α-hetero) is 1. The second-order valence-corrected chi connectivity index (χ2v) is 4.47. The Hall–Kier alpha value is -1.87. The molecule has 2 aromatic carbocycles. The maximum Gasteiger partial charge on any atom is 0.174 e. The van der Waals surface area contributed by atoms with Crippen molar-refractivity contribution in [3.05, 3.63) is 64.9 Å². The minimum atomic E-state index is -0.316. The summed E-state index contributed by atoms with van der Waals surface area (Å²) >= 11 is 5.91. The van der Waals surface area contributed by atoms with E-state index in [2.05, 4.69) is 0 Å². The summed E-state index contributed by atoms with van der Waals surface area (Å²) in [5.74, 6) is 0.0756. The van der Waals surface area contributed by atoms with Crippen LogP contribution < -0.4 is 4.74 Å². The van der Waals surface area contributed by atoms with Crippen molar-refractivity contribution >= 4 is 17.4 Å². The third-order valence-electron chi connectivity index (χ3n) is 2.54. The van der Waals surface area contributed by atoms with Crippen molar-refractivity contribution < 1.29 is 13.9 Å². The Labute approximate surface area is 115 Å². The Morgan fingerprint density at radius 1 is 1.11 bits per heavy atom. The number of ether oxygens (including phenoxy) is 1. The molecule has 2 aromatic rings. The highest BCUT2D eigenvalue weighted by atomic mass is 35.5. The Morgan fingerprint density at radius 2 is 1.79 bits per heavy atom. The lowest BCUT2D eigenvalue weighted by molar-refractivity contribution is -0.120. The second kappa shape index (κ2) is 6.34. The van der Waals surface area contributed by atoms with Gasteiger partial charge < -0.3 is 4.74 Å². The van der Waals surface area contributed by atoms with Crippen LogP contribution in [0.15, 0.2) is 48.5 Å². The minimum Gasteiger partial charge on any atom is -0.484 e. The smallest absolute Gasteiger partial charge is 0.174 e. The molecule has 2 rings (SSSR count). The summed E-state index contributed by atoms with van der Waals surface area (Å²) in [7, 11) is 0. The van der Waals surface area contributed by atoms with Crippen LogP contribution in [0, 0.1) is 5.82 Å². The van der Waals surface area contributed by atoms with Crippen LogP contribution in [-0.2, 0) is 11.2 Å². The summed E-state index contributed by atoms with van der Waals surface area (Å²) < 4.78 is 18.1. The highest BCUT2D eigenvalue weighted by molar-refractivity contribution is 6.32. The van der Waals surface area contributed by atoms with Gasteiger partial charge in [0.1, 0.15) is 18.2 Å². The van der Waals surface area contributed by atoms with Crippen LogP contribution in [0.2, 0.25) is 5.02 Å². The Balaban J connectivity index is 1.88. The molecule has 0 bridgehead atoms. The van der Waals surface area contributed by atoms with Gasteiger partial charge in [-0.25, -0.2) is 4.39 Å². The monoisotopic (exact) mass is 278 g/mol. The predicted octanol–water partition coefficient (Wildman–Crippen LogP) is 3.67. The summed E-state index contributed by atoms with van der Waals surface area (Å²) in [4.78, 5) is 11.7. The maximum absolute atomic E-state index is 12.7. The van der Waals surface area contributed by atoms with Gasteiger partial charge in [-0.05, 0) is 29.8 Å². The van der Waals surface area contributed by atoms with Crippen molar-refractivity contribution in [1.82, 2.24) is 0 Å². The summed E-state index contributed by atoms with van der Waals surface area (Å²) in [5, 5.41) is 0.470. The summed E-state index contributed by atoms with van der Waals surface area (Å²) in [6, 6.07) is 12.8. The van der Waals surface area contributed by atoms with E-state index in [0.29, 0.717) is 10.8 Å². The maximum atomic E-state index is 12.7. The quantitative estimate of drug-likeness (QED) is 0.834. The molecule has 0 aliphatic carbocycles.